The highest BCUT2D eigenvalue weighted by molar-refractivity contribution is 5.94. The first-order chi connectivity index (χ1) is 13.6. The maximum atomic E-state index is 12.2. The minimum Gasteiger partial charge on any atom is -0.497 e. The number of ether oxygens (including phenoxy) is 1. The molecule has 0 unspecified atom stereocenters. The molecule has 7 heteroatoms. The van der Waals surface area contributed by atoms with E-state index < -0.39 is 0 Å². The molecule has 1 aromatic heterocycles. The van der Waals surface area contributed by atoms with Crippen LogP contribution in [0.3, 0.4) is 0 Å². The number of hydrogen-bond acceptors (Lipinski definition) is 6. The first-order valence-electron chi connectivity index (χ1n) is 9.60. The van der Waals surface area contributed by atoms with Gasteiger partial charge in [0.2, 0.25) is 0 Å². The molecule has 2 aromatic rings. The molecule has 1 aromatic carbocycles. The largest absolute Gasteiger partial charge is 0.497 e. The van der Waals surface area contributed by atoms with E-state index in [1.165, 1.54) is 5.69 Å². The molecule has 1 saturated heterocycles. The van der Waals surface area contributed by atoms with Crippen molar-refractivity contribution in [1.82, 2.24) is 15.2 Å². The average Bonchev–Trinajstić information content (AvgIpc) is 2.74. The Hall–Kier alpha value is -2.80. The molecule has 1 aliphatic rings. The zero-order chi connectivity index (χ0) is 19.9. The third kappa shape index (κ3) is 5.13. The molecule has 0 spiro atoms. The number of likely N-dealkylation sites (N-methyl/N-ethyl adjacent to an activating group) is 1. The SMILES string of the molecule is COc1ccc(N2CCN(c3ccc(C(=O)NCCN(C)C)cn3)CC2)cc1. The second kappa shape index (κ2) is 9.41. The zero-order valence-electron chi connectivity index (χ0n) is 16.9. The predicted octanol–water partition coefficient (Wildman–Crippen LogP) is 1.71. The molecule has 3 rings (SSSR count). The summed E-state index contributed by atoms with van der Waals surface area (Å²) in [6.07, 6.45) is 1.66. The van der Waals surface area contributed by atoms with Gasteiger partial charge in [-0.05, 0) is 50.5 Å². The standard InChI is InChI=1S/C21H29N5O2/c1-24(2)11-10-22-21(27)17-4-9-20(23-16-17)26-14-12-25(13-15-26)18-5-7-19(28-3)8-6-18/h4-9,16H,10-15H2,1-3H3,(H,22,27). The third-order valence-electron chi connectivity index (χ3n) is 4.90. The van der Waals surface area contributed by atoms with Crippen LogP contribution in [0, 0.1) is 0 Å². The highest BCUT2D eigenvalue weighted by Gasteiger charge is 2.18. The molecule has 28 heavy (non-hydrogen) atoms. The van der Waals surface area contributed by atoms with Crippen LogP contribution >= 0.6 is 0 Å². The number of carbonyl (C=O) groups excluding carboxylic acids is 1. The second-order valence-corrected chi connectivity index (χ2v) is 7.14. The van der Waals surface area contributed by atoms with Crippen LogP contribution in [0.5, 0.6) is 5.75 Å². The van der Waals surface area contributed by atoms with Crippen LogP contribution < -0.4 is 19.9 Å². The molecule has 1 aliphatic heterocycles. The number of methoxy groups -OCH3 is 1. The lowest BCUT2D eigenvalue weighted by Crippen LogP contribution is -2.46. The minimum absolute atomic E-state index is 0.0785. The summed E-state index contributed by atoms with van der Waals surface area (Å²) < 4.78 is 5.22. The molecule has 0 aliphatic carbocycles. The van der Waals surface area contributed by atoms with E-state index in [0.29, 0.717) is 12.1 Å². The monoisotopic (exact) mass is 383 g/mol. The molecular weight excluding hydrogens is 354 g/mol. The van der Waals surface area contributed by atoms with Crippen molar-refractivity contribution in [2.75, 3.05) is 70.3 Å². The van der Waals surface area contributed by atoms with Crippen LogP contribution in [-0.4, -0.2) is 76.3 Å². The predicted molar refractivity (Wildman–Crippen MR) is 113 cm³/mol. The summed E-state index contributed by atoms with van der Waals surface area (Å²) in [4.78, 5) is 23.3. The lowest BCUT2D eigenvalue weighted by Gasteiger charge is -2.36. The summed E-state index contributed by atoms with van der Waals surface area (Å²) in [5.41, 5.74) is 1.80. The highest BCUT2D eigenvalue weighted by Crippen LogP contribution is 2.22. The Morgan fingerprint density at radius 3 is 2.32 bits per heavy atom. The van der Waals surface area contributed by atoms with Crippen molar-refractivity contribution in [2.24, 2.45) is 0 Å². The number of piperazine rings is 1. The van der Waals surface area contributed by atoms with Gasteiger partial charge < -0.3 is 24.8 Å². The van der Waals surface area contributed by atoms with Crippen molar-refractivity contribution >= 4 is 17.4 Å². The molecule has 1 amide bonds. The summed E-state index contributed by atoms with van der Waals surface area (Å²) in [7, 11) is 5.65. The van der Waals surface area contributed by atoms with Gasteiger partial charge in [-0.1, -0.05) is 0 Å². The van der Waals surface area contributed by atoms with E-state index in [1.807, 2.05) is 43.3 Å². The molecule has 0 radical (unpaired) electrons. The molecule has 0 bridgehead atoms. The fraction of sp³-hybridized carbons (Fsp3) is 0.429. The number of anilines is 2. The number of nitrogens with one attached hydrogen (secondary N) is 1. The molecule has 1 N–H and O–H groups in total. The quantitative estimate of drug-likeness (QED) is 0.786. The van der Waals surface area contributed by atoms with Crippen molar-refractivity contribution < 1.29 is 9.53 Å². The second-order valence-electron chi connectivity index (χ2n) is 7.14. The Balaban J connectivity index is 1.52. The van der Waals surface area contributed by atoms with Gasteiger partial charge in [0.15, 0.2) is 0 Å². The van der Waals surface area contributed by atoms with Crippen molar-refractivity contribution in [3.63, 3.8) is 0 Å². The average molecular weight is 383 g/mol. The maximum absolute atomic E-state index is 12.2. The maximum Gasteiger partial charge on any atom is 0.252 e. The molecule has 7 nitrogen and oxygen atoms in total. The number of benzene rings is 1. The van der Waals surface area contributed by atoms with Crippen LogP contribution in [-0.2, 0) is 0 Å². The number of nitrogens with zero attached hydrogens (tertiary/aromatic N) is 4. The van der Waals surface area contributed by atoms with Gasteiger partial charge in [-0.15, -0.1) is 0 Å². The van der Waals surface area contributed by atoms with E-state index in [0.717, 1.165) is 44.3 Å². The van der Waals surface area contributed by atoms with Crippen molar-refractivity contribution in [3.05, 3.63) is 48.2 Å². The van der Waals surface area contributed by atoms with E-state index >= 15 is 0 Å². The molecule has 1 fully saturated rings. The van der Waals surface area contributed by atoms with Crippen LogP contribution in [0.4, 0.5) is 11.5 Å². The lowest BCUT2D eigenvalue weighted by atomic mass is 10.2. The van der Waals surface area contributed by atoms with Crippen LogP contribution in [0.25, 0.3) is 0 Å². The van der Waals surface area contributed by atoms with Gasteiger partial charge in [0.05, 0.1) is 12.7 Å². The van der Waals surface area contributed by atoms with Crippen molar-refractivity contribution in [1.29, 1.82) is 0 Å². The van der Waals surface area contributed by atoms with Gasteiger partial charge in [0.1, 0.15) is 11.6 Å². The summed E-state index contributed by atoms with van der Waals surface area (Å²) in [5.74, 6) is 1.71. The first-order valence-corrected chi connectivity index (χ1v) is 9.60. The fourth-order valence-electron chi connectivity index (χ4n) is 3.19. The normalized spacial score (nSPS) is 14.3. The van der Waals surface area contributed by atoms with Gasteiger partial charge in [-0.3, -0.25) is 4.79 Å². The van der Waals surface area contributed by atoms with Crippen LogP contribution in [0.2, 0.25) is 0 Å². The van der Waals surface area contributed by atoms with Crippen LogP contribution in [0.1, 0.15) is 10.4 Å². The Bertz CT molecular complexity index is 753. The first kappa shape index (κ1) is 19.9. The van der Waals surface area contributed by atoms with Gasteiger partial charge in [0, 0.05) is 51.2 Å². The molecule has 2 heterocycles. The highest BCUT2D eigenvalue weighted by atomic mass is 16.5. The minimum atomic E-state index is -0.0785. The summed E-state index contributed by atoms with van der Waals surface area (Å²) in [5, 5.41) is 2.91. The smallest absolute Gasteiger partial charge is 0.252 e. The summed E-state index contributed by atoms with van der Waals surface area (Å²) in [6.45, 7) is 5.10. The summed E-state index contributed by atoms with van der Waals surface area (Å²) in [6, 6.07) is 12.0. The molecule has 150 valence electrons. The zero-order valence-corrected chi connectivity index (χ0v) is 16.9. The van der Waals surface area contributed by atoms with Gasteiger partial charge in [-0.2, -0.15) is 0 Å². The number of carbonyl (C=O) groups is 1. The molecule has 0 atom stereocenters. The third-order valence-corrected chi connectivity index (χ3v) is 4.90. The lowest BCUT2D eigenvalue weighted by molar-refractivity contribution is 0.0950. The number of rotatable bonds is 7. The van der Waals surface area contributed by atoms with Gasteiger partial charge in [0.25, 0.3) is 5.91 Å². The van der Waals surface area contributed by atoms with Gasteiger partial charge >= 0.3 is 0 Å². The number of amides is 1. The number of pyridine rings is 1. The Kier molecular flexibility index (Phi) is 6.71. The van der Waals surface area contributed by atoms with E-state index in [-0.39, 0.29) is 5.91 Å². The van der Waals surface area contributed by atoms with Crippen LogP contribution in [0.15, 0.2) is 42.6 Å². The Labute approximate surface area is 166 Å². The molecular formula is C21H29N5O2. The van der Waals surface area contributed by atoms with E-state index in [2.05, 4.69) is 32.2 Å². The Morgan fingerprint density at radius 1 is 1.07 bits per heavy atom. The number of aromatic nitrogens is 1. The van der Waals surface area contributed by atoms with Crippen molar-refractivity contribution in [2.45, 2.75) is 0 Å². The van der Waals surface area contributed by atoms with E-state index in [1.54, 1.807) is 13.3 Å². The fourth-order valence-corrected chi connectivity index (χ4v) is 3.19. The van der Waals surface area contributed by atoms with E-state index in [9.17, 15) is 4.79 Å². The van der Waals surface area contributed by atoms with Crippen molar-refractivity contribution in [3.8, 4) is 5.75 Å². The molecule has 0 saturated carbocycles. The summed E-state index contributed by atoms with van der Waals surface area (Å²) >= 11 is 0. The van der Waals surface area contributed by atoms with Gasteiger partial charge in [-0.25, -0.2) is 4.98 Å². The topological polar surface area (TPSA) is 60.9 Å². The number of hydrogen-bond donors (Lipinski definition) is 1. The van der Waals surface area contributed by atoms with E-state index in [4.69, 9.17) is 4.74 Å². The Morgan fingerprint density at radius 2 is 1.75 bits per heavy atom.